The van der Waals surface area contributed by atoms with Crippen molar-refractivity contribution in [1.82, 2.24) is 0 Å². The molecule has 0 amide bonds. The van der Waals surface area contributed by atoms with Gasteiger partial charge in [0, 0.05) is 26.4 Å². The van der Waals surface area contributed by atoms with E-state index < -0.39 is 17.1 Å². The first kappa shape index (κ1) is 22.9. The molecule has 0 atom stereocenters. The van der Waals surface area contributed by atoms with Gasteiger partial charge < -0.3 is 32.8 Å². The fourth-order valence-corrected chi connectivity index (χ4v) is 2.69. The molecule has 0 radical (unpaired) electrons. The largest absolute Gasteiger partial charge is 0.464 e. The summed E-state index contributed by atoms with van der Waals surface area (Å²) < 4.78 is 64.8. The lowest BCUT2D eigenvalue weighted by Crippen LogP contribution is -2.10. The molecule has 0 aliphatic carbocycles. The van der Waals surface area contributed by atoms with Gasteiger partial charge in [0.2, 0.25) is 5.43 Å². The smallest absolute Gasteiger partial charge is 0.200 e. The maximum absolute atomic E-state index is 14.3. The molecule has 168 valence electrons. The number of hydrogen-bond acceptors (Lipinski definition) is 8. The molecule has 3 aromatic rings. The molecule has 0 unspecified atom stereocenters. The van der Waals surface area contributed by atoms with Gasteiger partial charge in [-0.25, -0.2) is 8.78 Å². The third-order valence-electron chi connectivity index (χ3n) is 4.24. The van der Waals surface area contributed by atoms with Gasteiger partial charge in [0.25, 0.3) is 0 Å². The number of fused-ring (bicyclic) bond motifs is 2. The van der Waals surface area contributed by atoms with Crippen molar-refractivity contribution < 1.29 is 41.6 Å². The van der Waals surface area contributed by atoms with Crippen LogP contribution >= 0.6 is 0 Å². The second-order valence-electron chi connectivity index (χ2n) is 6.32. The minimum atomic E-state index is -0.775. The highest BCUT2D eigenvalue weighted by Gasteiger charge is 2.16. The van der Waals surface area contributed by atoms with Crippen LogP contribution in [-0.2, 0) is 18.9 Å². The van der Waals surface area contributed by atoms with Crippen LogP contribution in [0.1, 0.15) is 0 Å². The minimum absolute atomic E-state index is 0.0476. The van der Waals surface area contributed by atoms with E-state index in [1.165, 1.54) is 26.4 Å². The number of rotatable bonds is 12. The standard InChI is InChI=1S/C21H22F2O8/c1-25-3-5-27-11-29-19-9-17-13(7-15(19)22)21(24)14-8-16(23)20(10-18(14)31-17)30-12-28-6-4-26-2/h7-10H,3-6,11-12H2,1-2H3. The highest BCUT2D eigenvalue weighted by molar-refractivity contribution is 5.91. The molecule has 10 heteroatoms. The zero-order valence-corrected chi connectivity index (χ0v) is 17.1. The first-order valence-corrected chi connectivity index (χ1v) is 9.33. The predicted molar refractivity (Wildman–Crippen MR) is 107 cm³/mol. The van der Waals surface area contributed by atoms with Crippen molar-refractivity contribution in [3.8, 4) is 11.5 Å². The van der Waals surface area contributed by atoms with Crippen molar-refractivity contribution in [2.24, 2.45) is 0 Å². The van der Waals surface area contributed by atoms with E-state index in [1.54, 1.807) is 0 Å². The molecule has 8 nitrogen and oxygen atoms in total. The van der Waals surface area contributed by atoms with Gasteiger partial charge in [-0.15, -0.1) is 0 Å². The average Bonchev–Trinajstić information content (AvgIpc) is 2.75. The molecule has 0 bridgehead atoms. The summed E-state index contributed by atoms with van der Waals surface area (Å²) in [5, 5.41) is -0.0952. The Morgan fingerprint density at radius 3 is 1.61 bits per heavy atom. The minimum Gasteiger partial charge on any atom is -0.464 e. The molecular weight excluding hydrogens is 418 g/mol. The van der Waals surface area contributed by atoms with E-state index in [4.69, 9.17) is 32.8 Å². The van der Waals surface area contributed by atoms with Crippen LogP contribution in [0.15, 0.2) is 33.5 Å². The van der Waals surface area contributed by atoms with Gasteiger partial charge in [-0.2, -0.15) is 0 Å². The van der Waals surface area contributed by atoms with E-state index in [0.717, 1.165) is 12.1 Å². The van der Waals surface area contributed by atoms with Crippen molar-refractivity contribution in [1.29, 1.82) is 0 Å². The van der Waals surface area contributed by atoms with Crippen LogP contribution in [0.2, 0.25) is 0 Å². The van der Waals surface area contributed by atoms with Crippen LogP contribution < -0.4 is 14.9 Å². The maximum atomic E-state index is 14.3. The summed E-state index contributed by atoms with van der Waals surface area (Å²) >= 11 is 0. The average molecular weight is 440 g/mol. The van der Waals surface area contributed by atoms with Crippen LogP contribution in [0.3, 0.4) is 0 Å². The van der Waals surface area contributed by atoms with Gasteiger partial charge in [-0.3, -0.25) is 4.79 Å². The third-order valence-corrected chi connectivity index (χ3v) is 4.24. The topological polar surface area (TPSA) is 85.6 Å². The molecule has 31 heavy (non-hydrogen) atoms. The molecule has 0 saturated carbocycles. The van der Waals surface area contributed by atoms with Crippen LogP contribution in [0, 0.1) is 11.6 Å². The zero-order chi connectivity index (χ0) is 22.2. The summed E-state index contributed by atoms with van der Waals surface area (Å²) in [6.07, 6.45) is 0. The van der Waals surface area contributed by atoms with Gasteiger partial charge in [0.05, 0.1) is 37.2 Å². The van der Waals surface area contributed by atoms with E-state index in [1.807, 2.05) is 0 Å². The Labute approximate surface area is 176 Å². The van der Waals surface area contributed by atoms with E-state index >= 15 is 0 Å². The van der Waals surface area contributed by atoms with Crippen LogP contribution in [0.4, 0.5) is 8.78 Å². The van der Waals surface area contributed by atoms with Crippen LogP contribution in [-0.4, -0.2) is 54.2 Å². The lowest BCUT2D eigenvalue weighted by atomic mass is 10.1. The van der Waals surface area contributed by atoms with Crippen molar-refractivity contribution in [3.63, 3.8) is 0 Å². The van der Waals surface area contributed by atoms with Crippen LogP contribution in [0.5, 0.6) is 11.5 Å². The maximum Gasteiger partial charge on any atom is 0.200 e. The first-order valence-electron chi connectivity index (χ1n) is 9.33. The number of methoxy groups -OCH3 is 2. The molecule has 1 aromatic heterocycles. The van der Waals surface area contributed by atoms with E-state index in [0.29, 0.717) is 13.2 Å². The molecule has 3 rings (SSSR count). The second kappa shape index (κ2) is 11.0. The number of halogens is 2. The van der Waals surface area contributed by atoms with Crippen molar-refractivity contribution in [3.05, 3.63) is 46.1 Å². The molecule has 2 aromatic carbocycles. The third kappa shape index (κ3) is 5.67. The zero-order valence-electron chi connectivity index (χ0n) is 17.1. The highest BCUT2D eigenvalue weighted by atomic mass is 19.1. The van der Waals surface area contributed by atoms with E-state index in [9.17, 15) is 13.6 Å². The van der Waals surface area contributed by atoms with Crippen molar-refractivity contribution in [2.45, 2.75) is 0 Å². The van der Waals surface area contributed by atoms with Gasteiger partial charge >= 0.3 is 0 Å². The SMILES string of the molecule is COCCOCOc1cc2oc3cc(OCOCCOC)c(F)cc3c(=O)c2cc1F. The highest BCUT2D eigenvalue weighted by Crippen LogP contribution is 2.29. The Morgan fingerprint density at radius 1 is 0.742 bits per heavy atom. The van der Waals surface area contributed by atoms with Gasteiger partial charge in [0.1, 0.15) is 11.2 Å². The molecule has 0 spiro atoms. The monoisotopic (exact) mass is 440 g/mol. The van der Waals surface area contributed by atoms with Crippen LogP contribution in [0.25, 0.3) is 21.9 Å². The number of ether oxygens (including phenoxy) is 6. The molecule has 0 N–H and O–H groups in total. The molecule has 1 heterocycles. The van der Waals surface area contributed by atoms with Gasteiger partial charge in [-0.05, 0) is 12.1 Å². The Morgan fingerprint density at radius 2 is 1.19 bits per heavy atom. The first-order chi connectivity index (χ1) is 15.0. The molecule has 0 saturated heterocycles. The second-order valence-corrected chi connectivity index (χ2v) is 6.32. The van der Waals surface area contributed by atoms with E-state index in [-0.39, 0.29) is 60.2 Å². The van der Waals surface area contributed by atoms with Crippen molar-refractivity contribution >= 4 is 21.9 Å². The Hall–Kier alpha value is -2.79. The fraction of sp³-hybridized carbons (Fsp3) is 0.381. The Balaban J connectivity index is 1.86. The Bertz CT molecular complexity index is 1000. The molecule has 0 fully saturated rings. The van der Waals surface area contributed by atoms with E-state index in [2.05, 4.69) is 0 Å². The lowest BCUT2D eigenvalue weighted by molar-refractivity contribution is -0.0100. The molecule has 0 aliphatic heterocycles. The summed E-state index contributed by atoms with van der Waals surface area (Å²) in [5.74, 6) is -1.86. The summed E-state index contributed by atoms with van der Waals surface area (Å²) in [5.41, 5.74) is -0.445. The Kier molecular flexibility index (Phi) is 8.13. The van der Waals surface area contributed by atoms with Gasteiger partial charge in [0.15, 0.2) is 36.7 Å². The summed E-state index contributed by atoms with van der Waals surface area (Å²) in [4.78, 5) is 12.7. The molecular formula is C21H22F2O8. The predicted octanol–water partition coefficient (Wildman–Crippen LogP) is 3.22. The fourth-order valence-electron chi connectivity index (χ4n) is 2.69. The normalized spacial score (nSPS) is 11.4. The summed E-state index contributed by atoms with van der Waals surface area (Å²) in [6.45, 7) is 0.848. The lowest BCUT2D eigenvalue weighted by Gasteiger charge is -2.11. The van der Waals surface area contributed by atoms with Gasteiger partial charge in [-0.1, -0.05) is 0 Å². The van der Waals surface area contributed by atoms with Crippen molar-refractivity contribution in [2.75, 3.05) is 54.2 Å². The number of benzene rings is 2. The quantitative estimate of drug-likeness (QED) is 0.241. The summed E-state index contributed by atoms with van der Waals surface area (Å²) in [6, 6.07) is 4.44. The summed E-state index contributed by atoms with van der Waals surface area (Å²) in [7, 11) is 3.05. The number of hydrogen-bond donors (Lipinski definition) is 0. The molecule has 0 aliphatic rings.